The molecule has 0 heterocycles. The Morgan fingerprint density at radius 1 is 0.393 bits per heavy atom. The van der Waals surface area contributed by atoms with Crippen LogP contribution in [0.1, 0.15) is 0 Å². The van der Waals surface area contributed by atoms with E-state index in [2.05, 4.69) is 0 Å². The minimum atomic E-state index is 0.483. The molecule has 8 N–H and O–H groups in total. The number of rotatable bonds is 4. The maximum absolute atomic E-state index is 5.90. The Morgan fingerprint density at radius 3 is 1.21 bits per heavy atom. The summed E-state index contributed by atoms with van der Waals surface area (Å²) in [6.45, 7) is 0. The highest BCUT2D eigenvalue weighted by atomic mass is 16.5. The molecular weight excluding hydrogens is 352 g/mol. The van der Waals surface area contributed by atoms with Crippen molar-refractivity contribution in [3.8, 4) is 23.0 Å². The van der Waals surface area contributed by atoms with E-state index in [-0.39, 0.29) is 0 Å². The lowest BCUT2D eigenvalue weighted by atomic mass is 10.1. The van der Waals surface area contributed by atoms with Crippen molar-refractivity contribution < 1.29 is 9.47 Å². The van der Waals surface area contributed by atoms with E-state index in [1.807, 2.05) is 36.4 Å². The number of anilines is 4. The van der Waals surface area contributed by atoms with Gasteiger partial charge in [-0.05, 0) is 59.3 Å². The van der Waals surface area contributed by atoms with E-state index < -0.39 is 0 Å². The number of hydrogen-bond acceptors (Lipinski definition) is 6. The summed E-state index contributed by atoms with van der Waals surface area (Å²) in [5.74, 6) is 2.61. The lowest BCUT2D eigenvalue weighted by Gasteiger charge is -2.11. The van der Waals surface area contributed by atoms with Gasteiger partial charge in [-0.1, -0.05) is 12.1 Å². The van der Waals surface area contributed by atoms with Crippen LogP contribution in [-0.2, 0) is 0 Å². The number of hydrogen-bond donors (Lipinski definition) is 4. The molecule has 6 heteroatoms. The second-order valence-corrected chi connectivity index (χ2v) is 6.46. The fourth-order valence-corrected chi connectivity index (χ4v) is 2.83. The molecule has 0 aliphatic heterocycles. The first-order chi connectivity index (χ1) is 13.5. The molecule has 0 amide bonds. The average molecular weight is 372 g/mol. The molecule has 4 aromatic rings. The smallest absolute Gasteiger partial charge is 0.129 e. The van der Waals surface area contributed by atoms with Gasteiger partial charge in [0.05, 0.1) is 22.7 Å². The molecule has 0 aliphatic carbocycles. The number of fused-ring (bicyclic) bond motifs is 1. The molecule has 0 spiro atoms. The van der Waals surface area contributed by atoms with Crippen molar-refractivity contribution in [1.82, 2.24) is 0 Å². The molecule has 0 bridgehead atoms. The van der Waals surface area contributed by atoms with Gasteiger partial charge in [0.1, 0.15) is 23.0 Å². The van der Waals surface area contributed by atoms with E-state index in [1.54, 1.807) is 36.4 Å². The highest BCUT2D eigenvalue weighted by molar-refractivity contribution is 5.85. The lowest BCUT2D eigenvalue weighted by Crippen LogP contribution is -1.95. The van der Waals surface area contributed by atoms with E-state index in [0.29, 0.717) is 45.7 Å². The Kier molecular flexibility index (Phi) is 4.29. The van der Waals surface area contributed by atoms with E-state index in [1.165, 1.54) is 0 Å². The fraction of sp³-hybridized carbons (Fsp3) is 0. The van der Waals surface area contributed by atoms with Crippen molar-refractivity contribution in [3.05, 3.63) is 72.8 Å². The van der Waals surface area contributed by atoms with Gasteiger partial charge in [-0.2, -0.15) is 0 Å². The average Bonchev–Trinajstić information content (AvgIpc) is 2.67. The molecule has 4 rings (SSSR count). The van der Waals surface area contributed by atoms with E-state index >= 15 is 0 Å². The summed E-state index contributed by atoms with van der Waals surface area (Å²) >= 11 is 0. The zero-order valence-electron chi connectivity index (χ0n) is 15.1. The molecule has 0 saturated heterocycles. The summed E-state index contributed by atoms with van der Waals surface area (Å²) in [5.41, 5.74) is 25.2. The summed E-state index contributed by atoms with van der Waals surface area (Å²) in [4.78, 5) is 0. The zero-order valence-corrected chi connectivity index (χ0v) is 15.1. The minimum Gasteiger partial charge on any atom is -0.457 e. The predicted molar refractivity (Wildman–Crippen MR) is 115 cm³/mol. The van der Waals surface area contributed by atoms with Crippen LogP contribution in [0.15, 0.2) is 72.8 Å². The first-order valence-corrected chi connectivity index (χ1v) is 8.67. The van der Waals surface area contributed by atoms with Crippen molar-refractivity contribution in [2.75, 3.05) is 22.9 Å². The number of ether oxygens (including phenoxy) is 2. The van der Waals surface area contributed by atoms with Crippen LogP contribution in [0.2, 0.25) is 0 Å². The molecule has 0 atom stereocenters. The summed E-state index contributed by atoms with van der Waals surface area (Å²) in [5, 5.41) is 2.04. The van der Waals surface area contributed by atoms with Gasteiger partial charge in [0.15, 0.2) is 0 Å². The summed E-state index contributed by atoms with van der Waals surface area (Å²) in [6.07, 6.45) is 0. The molecule has 0 aromatic heterocycles. The molecule has 28 heavy (non-hydrogen) atoms. The fourth-order valence-electron chi connectivity index (χ4n) is 2.83. The standard InChI is InChI=1S/C22H20N4O2/c23-19-7-5-17(11-21(19)25)27-15-3-1-13-2-4-16(10-14(13)9-15)28-18-6-8-20(24)22(26)12-18/h1-12H,23-26H2. The Hall–Kier alpha value is -4.06. The highest BCUT2D eigenvalue weighted by Gasteiger charge is 2.05. The van der Waals surface area contributed by atoms with Crippen LogP contribution < -0.4 is 32.4 Å². The van der Waals surface area contributed by atoms with Gasteiger partial charge < -0.3 is 32.4 Å². The second-order valence-electron chi connectivity index (χ2n) is 6.46. The van der Waals surface area contributed by atoms with Crippen LogP contribution in [0.25, 0.3) is 10.8 Å². The van der Waals surface area contributed by atoms with Gasteiger partial charge in [0.25, 0.3) is 0 Å². The van der Waals surface area contributed by atoms with Gasteiger partial charge in [-0.3, -0.25) is 0 Å². The van der Waals surface area contributed by atoms with Crippen molar-refractivity contribution in [3.63, 3.8) is 0 Å². The van der Waals surface area contributed by atoms with Crippen LogP contribution in [0.4, 0.5) is 22.7 Å². The molecule has 0 aliphatic rings. The predicted octanol–water partition coefficient (Wildman–Crippen LogP) is 4.75. The molecule has 0 unspecified atom stereocenters. The van der Waals surface area contributed by atoms with Crippen molar-refractivity contribution in [1.29, 1.82) is 0 Å². The highest BCUT2D eigenvalue weighted by Crippen LogP contribution is 2.32. The molecular formula is C22H20N4O2. The molecule has 0 radical (unpaired) electrons. The van der Waals surface area contributed by atoms with Crippen LogP contribution in [-0.4, -0.2) is 0 Å². The Balaban J connectivity index is 1.60. The van der Waals surface area contributed by atoms with Crippen molar-refractivity contribution in [2.24, 2.45) is 0 Å². The van der Waals surface area contributed by atoms with Crippen molar-refractivity contribution >= 4 is 33.5 Å². The van der Waals surface area contributed by atoms with Gasteiger partial charge in [0, 0.05) is 12.1 Å². The van der Waals surface area contributed by atoms with E-state index in [0.717, 1.165) is 10.8 Å². The number of benzene rings is 4. The minimum absolute atomic E-state index is 0.483. The monoisotopic (exact) mass is 372 g/mol. The van der Waals surface area contributed by atoms with Crippen LogP contribution >= 0.6 is 0 Å². The van der Waals surface area contributed by atoms with E-state index in [9.17, 15) is 0 Å². The second kappa shape index (κ2) is 6.92. The molecule has 6 nitrogen and oxygen atoms in total. The van der Waals surface area contributed by atoms with Gasteiger partial charge in [-0.15, -0.1) is 0 Å². The third-order valence-electron chi connectivity index (χ3n) is 4.37. The number of nitrogens with two attached hydrogens (primary N) is 4. The molecule has 4 aromatic carbocycles. The van der Waals surface area contributed by atoms with Crippen LogP contribution in [0, 0.1) is 0 Å². The molecule has 0 saturated carbocycles. The maximum atomic E-state index is 5.90. The van der Waals surface area contributed by atoms with E-state index in [4.69, 9.17) is 32.4 Å². The van der Waals surface area contributed by atoms with Gasteiger partial charge >= 0.3 is 0 Å². The Morgan fingerprint density at radius 2 is 0.786 bits per heavy atom. The SMILES string of the molecule is Nc1ccc(Oc2ccc3ccc(Oc4ccc(N)c(N)c4)cc3c2)cc1N. The maximum Gasteiger partial charge on any atom is 0.129 e. The Labute approximate surface area is 162 Å². The van der Waals surface area contributed by atoms with Crippen molar-refractivity contribution in [2.45, 2.75) is 0 Å². The normalized spacial score (nSPS) is 10.7. The first kappa shape index (κ1) is 17.4. The topological polar surface area (TPSA) is 123 Å². The van der Waals surface area contributed by atoms with Crippen LogP contribution in [0.3, 0.4) is 0 Å². The third kappa shape index (κ3) is 3.57. The summed E-state index contributed by atoms with van der Waals surface area (Å²) in [6, 6.07) is 22.0. The Bertz CT molecular complexity index is 1090. The first-order valence-electron chi connectivity index (χ1n) is 8.67. The van der Waals surface area contributed by atoms with Gasteiger partial charge in [0.2, 0.25) is 0 Å². The third-order valence-corrected chi connectivity index (χ3v) is 4.37. The summed E-state index contributed by atoms with van der Waals surface area (Å²) in [7, 11) is 0. The van der Waals surface area contributed by atoms with Crippen LogP contribution in [0.5, 0.6) is 23.0 Å². The number of nitrogen functional groups attached to an aromatic ring is 4. The zero-order chi connectivity index (χ0) is 19.7. The summed E-state index contributed by atoms with van der Waals surface area (Å²) < 4.78 is 11.8. The molecule has 0 fully saturated rings. The largest absolute Gasteiger partial charge is 0.457 e. The quantitative estimate of drug-likeness (QED) is 0.383. The molecule has 140 valence electrons. The lowest BCUT2D eigenvalue weighted by molar-refractivity contribution is 0.482. The van der Waals surface area contributed by atoms with Gasteiger partial charge in [-0.25, -0.2) is 0 Å².